The lowest BCUT2D eigenvalue weighted by atomic mass is 10.1. The predicted molar refractivity (Wildman–Crippen MR) is 115 cm³/mol. The highest BCUT2D eigenvalue weighted by molar-refractivity contribution is 9.10. The van der Waals surface area contributed by atoms with E-state index in [9.17, 15) is 4.79 Å². The first kappa shape index (κ1) is 19.7. The molecule has 2 aromatic carbocycles. The summed E-state index contributed by atoms with van der Waals surface area (Å²) >= 11 is 3.39. The molecule has 0 saturated heterocycles. The van der Waals surface area contributed by atoms with Crippen LogP contribution in [0.15, 0.2) is 75.7 Å². The van der Waals surface area contributed by atoms with E-state index in [4.69, 9.17) is 4.52 Å². The topological polar surface area (TPSA) is 106 Å². The summed E-state index contributed by atoms with van der Waals surface area (Å²) in [6, 6.07) is 20.9. The van der Waals surface area contributed by atoms with E-state index in [0.29, 0.717) is 24.0 Å². The molecule has 0 saturated carbocycles. The number of benzene rings is 2. The molecule has 0 unspecified atom stereocenters. The maximum Gasteiger partial charge on any atom is 0.238 e. The van der Waals surface area contributed by atoms with Gasteiger partial charge in [0.25, 0.3) is 0 Å². The minimum atomic E-state index is -0.229. The molecule has 0 spiro atoms. The van der Waals surface area contributed by atoms with Crippen LogP contribution in [0, 0.1) is 0 Å². The van der Waals surface area contributed by atoms with Gasteiger partial charge in [0, 0.05) is 28.4 Å². The molecule has 2 heterocycles. The van der Waals surface area contributed by atoms with Crippen molar-refractivity contribution in [2.45, 2.75) is 12.8 Å². The standard InChI is InChI=1S/C21H17BrN6O2/c22-16-8-6-15(7-9-16)21-23-20(30-28-21)13-12-19(29)27-26-18-11-10-17(24-25-18)14-4-2-1-3-5-14/h1-11H,12-13H2,(H,25,26)(H,27,29). The summed E-state index contributed by atoms with van der Waals surface area (Å²) in [5.74, 6) is 1.10. The number of hydrogen-bond acceptors (Lipinski definition) is 7. The Morgan fingerprint density at radius 1 is 0.933 bits per heavy atom. The molecule has 0 radical (unpaired) electrons. The minimum absolute atomic E-state index is 0.185. The summed E-state index contributed by atoms with van der Waals surface area (Å²) in [6.45, 7) is 0. The first-order valence-electron chi connectivity index (χ1n) is 9.20. The molecule has 4 rings (SSSR count). The summed E-state index contributed by atoms with van der Waals surface area (Å²) < 4.78 is 6.19. The number of aryl methyl sites for hydroxylation is 1. The third kappa shape index (κ3) is 5.06. The maximum absolute atomic E-state index is 12.1. The number of aromatic nitrogens is 4. The van der Waals surface area contributed by atoms with Crippen molar-refractivity contribution in [1.29, 1.82) is 0 Å². The van der Waals surface area contributed by atoms with Crippen LogP contribution in [0.2, 0.25) is 0 Å². The fourth-order valence-corrected chi connectivity index (χ4v) is 2.92. The van der Waals surface area contributed by atoms with E-state index in [-0.39, 0.29) is 12.3 Å². The molecule has 2 aromatic heterocycles. The molecule has 2 N–H and O–H groups in total. The Bertz CT molecular complexity index is 1110. The van der Waals surface area contributed by atoms with Crippen molar-refractivity contribution in [3.63, 3.8) is 0 Å². The third-order valence-electron chi connectivity index (χ3n) is 4.20. The highest BCUT2D eigenvalue weighted by Gasteiger charge is 2.11. The Hall–Kier alpha value is -3.59. The molecule has 0 fully saturated rings. The van der Waals surface area contributed by atoms with Crippen LogP contribution in [0.25, 0.3) is 22.6 Å². The van der Waals surface area contributed by atoms with E-state index < -0.39 is 0 Å². The number of rotatable bonds is 7. The summed E-state index contributed by atoms with van der Waals surface area (Å²) in [5.41, 5.74) is 7.91. The van der Waals surface area contributed by atoms with Gasteiger partial charge in [0.15, 0.2) is 5.82 Å². The zero-order valence-corrected chi connectivity index (χ0v) is 17.3. The van der Waals surface area contributed by atoms with Crippen molar-refractivity contribution in [1.82, 2.24) is 25.8 Å². The normalized spacial score (nSPS) is 10.6. The lowest BCUT2D eigenvalue weighted by Crippen LogP contribution is -2.30. The van der Waals surface area contributed by atoms with E-state index in [0.717, 1.165) is 21.3 Å². The zero-order valence-electron chi connectivity index (χ0n) is 15.7. The number of amides is 1. The first-order valence-corrected chi connectivity index (χ1v) is 9.99. The number of nitrogens with zero attached hydrogens (tertiary/aromatic N) is 4. The smallest absolute Gasteiger partial charge is 0.238 e. The fourth-order valence-electron chi connectivity index (χ4n) is 2.65. The molecule has 4 aromatic rings. The second kappa shape index (κ2) is 9.27. The van der Waals surface area contributed by atoms with Gasteiger partial charge < -0.3 is 4.52 Å². The average molecular weight is 465 g/mol. The third-order valence-corrected chi connectivity index (χ3v) is 4.73. The first-order chi connectivity index (χ1) is 14.7. The summed E-state index contributed by atoms with van der Waals surface area (Å²) in [6.07, 6.45) is 0.514. The van der Waals surface area contributed by atoms with Gasteiger partial charge in [-0.2, -0.15) is 4.98 Å². The van der Waals surface area contributed by atoms with Gasteiger partial charge in [-0.25, -0.2) is 0 Å². The van der Waals surface area contributed by atoms with Crippen molar-refractivity contribution < 1.29 is 9.32 Å². The van der Waals surface area contributed by atoms with Crippen LogP contribution in [-0.2, 0) is 11.2 Å². The number of nitrogens with one attached hydrogen (secondary N) is 2. The van der Waals surface area contributed by atoms with E-state index >= 15 is 0 Å². The van der Waals surface area contributed by atoms with Gasteiger partial charge >= 0.3 is 0 Å². The van der Waals surface area contributed by atoms with Crippen LogP contribution < -0.4 is 10.9 Å². The Kier molecular flexibility index (Phi) is 6.09. The van der Waals surface area contributed by atoms with Crippen LogP contribution in [0.4, 0.5) is 5.82 Å². The summed E-state index contributed by atoms with van der Waals surface area (Å²) in [7, 11) is 0. The minimum Gasteiger partial charge on any atom is -0.339 e. The van der Waals surface area contributed by atoms with Crippen molar-refractivity contribution in [3.05, 3.63) is 77.1 Å². The molecular weight excluding hydrogens is 448 g/mol. The molecule has 0 bridgehead atoms. The van der Waals surface area contributed by atoms with Crippen LogP contribution >= 0.6 is 15.9 Å². The van der Waals surface area contributed by atoms with Gasteiger partial charge in [-0.1, -0.05) is 51.4 Å². The largest absolute Gasteiger partial charge is 0.339 e. The molecule has 0 aliphatic rings. The van der Waals surface area contributed by atoms with Crippen molar-refractivity contribution in [2.75, 3.05) is 5.43 Å². The molecule has 150 valence electrons. The molecule has 8 nitrogen and oxygen atoms in total. The molecule has 30 heavy (non-hydrogen) atoms. The van der Waals surface area contributed by atoms with Gasteiger partial charge in [-0.05, 0) is 36.4 Å². The van der Waals surface area contributed by atoms with Crippen molar-refractivity contribution >= 4 is 27.7 Å². The molecular formula is C21H17BrN6O2. The van der Waals surface area contributed by atoms with Crippen molar-refractivity contribution in [2.24, 2.45) is 0 Å². The van der Waals surface area contributed by atoms with E-state index in [1.165, 1.54) is 0 Å². The number of carbonyl (C=O) groups is 1. The van der Waals surface area contributed by atoms with Crippen LogP contribution in [0.1, 0.15) is 12.3 Å². The number of hydrazine groups is 1. The van der Waals surface area contributed by atoms with Gasteiger partial charge in [-0.15, -0.1) is 10.2 Å². The number of halogens is 1. The average Bonchev–Trinajstić information content (AvgIpc) is 3.27. The highest BCUT2D eigenvalue weighted by atomic mass is 79.9. The van der Waals surface area contributed by atoms with Gasteiger partial charge in [0.05, 0.1) is 5.69 Å². The van der Waals surface area contributed by atoms with E-state index in [1.54, 1.807) is 6.07 Å². The van der Waals surface area contributed by atoms with Crippen LogP contribution in [0.3, 0.4) is 0 Å². The molecule has 0 atom stereocenters. The lowest BCUT2D eigenvalue weighted by molar-refractivity contribution is -0.120. The van der Waals surface area contributed by atoms with Crippen LogP contribution in [-0.4, -0.2) is 26.2 Å². The highest BCUT2D eigenvalue weighted by Crippen LogP contribution is 2.19. The molecule has 1 amide bonds. The Morgan fingerprint density at radius 3 is 2.47 bits per heavy atom. The Labute approximate surface area is 180 Å². The number of carbonyl (C=O) groups excluding carboxylic acids is 1. The fraction of sp³-hybridized carbons (Fsp3) is 0.0952. The lowest BCUT2D eigenvalue weighted by Gasteiger charge is -2.07. The Morgan fingerprint density at radius 2 is 1.73 bits per heavy atom. The van der Waals surface area contributed by atoms with Gasteiger partial charge in [0.1, 0.15) is 0 Å². The number of anilines is 1. The second-order valence-corrected chi connectivity index (χ2v) is 7.28. The molecule has 0 aliphatic heterocycles. The zero-order chi connectivity index (χ0) is 20.8. The van der Waals surface area contributed by atoms with Gasteiger partial charge in [0.2, 0.25) is 17.6 Å². The quantitative estimate of drug-likeness (QED) is 0.397. The van der Waals surface area contributed by atoms with Crippen LogP contribution in [0.5, 0.6) is 0 Å². The Balaban J connectivity index is 1.26. The predicted octanol–water partition coefficient (Wildman–Crippen LogP) is 4.03. The van der Waals surface area contributed by atoms with E-state index in [1.807, 2.05) is 60.7 Å². The summed E-state index contributed by atoms with van der Waals surface area (Å²) in [5, 5.41) is 12.2. The molecule has 9 heteroatoms. The summed E-state index contributed by atoms with van der Waals surface area (Å²) in [4.78, 5) is 16.4. The monoisotopic (exact) mass is 464 g/mol. The van der Waals surface area contributed by atoms with Gasteiger partial charge in [-0.3, -0.25) is 15.6 Å². The second-order valence-electron chi connectivity index (χ2n) is 6.36. The molecule has 0 aliphatic carbocycles. The maximum atomic E-state index is 12.1. The van der Waals surface area contributed by atoms with E-state index in [2.05, 4.69) is 47.1 Å². The number of hydrogen-bond donors (Lipinski definition) is 2. The van der Waals surface area contributed by atoms with Crippen molar-refractivity contribution in [3.8, 4) is 22.6 Å². The SMILES string of the molecule is O=C(CCc1nc(-c2ccc(Br)cc2)no1)NNc1ccc(-c2ccccc2)nn1.